The number of amides is 1. The number of β-lactam (4-membered cyclic amide) rings is 1. The molecular weight excluding hydrogens is 398 g/mol. The minimum Gasteiger partial charge on any atom is -0.497 e. The van der Waals surface area contributed by atoms with Gasteiger partial charge in [-0.05, 0) is 35.2 Å². The van der Waals surface area contributed by atoms with Crippen LogP contribution in [-0.4, -0.2) is 23.0 Å². The molecule has 0 saturated carbocycles. The van der Waals surface area contributed by atoms with E-state index in [0.29, 0.717) is 17.9 Å². The summed E-state index contributed by atoms with van der Waals surface area (Å²) in [4.78, 5) is 15.7. The predicted octanol–water partition coefficient (Wildman–Crippen LogP) is 5.46. The smallest absolute Gasteiger partial charge is 0.238 e. The topological polar surface area (TPSA) is 49.8 Å². The van der Waals surface area contributed by atoms with Gasteiger partial charge >= 0.3 is 0 Å². The van der Waals surface area contributed by atoms with Crippen molar-refractivity contribution in [1.29, 1.82) is 0 Å². The molecular formula is C28H29NO3. The number of hydrogen-bond donors (Lipinski definition) is 1. The van der Waals surface area contributed by atoms with Gasteiger partial charge in [-0.2, -0.15) is 0 Å². The molecule has 0 spiro atoms. The number of carbonyl (C=O) groups excluding carboxylic acids is 1. The number of aliphatic hydroxyl groups is 1. The summed E-state index contributed by atoms with van der Waals surface area (Å²) in [6.45, 7) is 2.53. The molecule has 0 unspecified atom stereocenters. The molecule has 3 atom stereocenters. The third kappa shape index (κ3) is 3.82. The number of methoxy groups -OCH3 is 1. The monoisotopic (exact) mass is 427 g/mol. The van der Waals surface area contributed by atoms with Crippen LogP contribution in [0.4, 0.5) is 0 Å². The Hall–Kier alpha value is -3.37. The summed E-state index contributed by atoms with van der Waals surface area (Å²) >= 11 is 0. The largest absolute Gasteiger partial charge is 0.497 e. The van der Waals surface area contributed by atoms with Gasteiger partial charge in [-0.1, -0.05) is 91.9 Å². The van der Waals surface area contributed by atoms with E-state index in [-0.39, 0.29) is 11.9 Å². The Kier molecular flexibility index (Phi) is 6.42. The SMILES string of the molecule is CC/C=C/[C@]1([C@H](O)c2ccc(OC)cc2)C(=O)N(Cc2ccccc2)[C@@H]1c1ccccc1. The van der Waals surface area contributed by atoms with Gasteiger partial charge in [0.1, 0.15) is 11.2 Å². The Morgan fingerprint density at radius 1 is 1.00 bits per heavy atom. The minimum absolute atomic E-state index is 0.0665. The lowest BCUT2D eigenvalue weighted by Gasteiger charge is -2.57. The lowest BCUT2D eigenvalue weighted by Crippen LogP contribution is -2.64. The third-order valence-corrected chi connectivity index (χ3v) is 6.22. The zero-order valence-electron chi connectivity index (χ0n) is 18.5. The second-order valence-corrected chi connectivity index (χ2v) is 8.15. The quantitative estimate of drug-likeness (QED) is 0.383. The standard InChI is InChI=1S/C28H29NO3/c1-3-4-19-28(26(30)23-15-17-24(32-2)18-16-23)25(22-13-9-6-10-14-22)29(27(28)31)20-21-11-7-5-8-12-21/h4-19,25-26,30H,3,20H2,1-2H3/b19-4+/t25-,26-,28+/m1/s1. The lowest BCUT2D eigenvalue weighted by atomic mass is 9.62. The van der Waals surface area contributed by atoms with Crippen molar-refractivity contribution >= 4 is 5.91 Å². The van der Waals surface area contributed by atoms with Gasteiger partial charge in [0.25, 0.3) is 0 Å². The average molecular weight is 428 g/mol. The molecule has 4 rings (SSSR count). The highest BCUT2D eigenvalue weighted by molar-refractivity contribution is 5.93. The van der Waals surface area contributed by atoms with Gasteiger partial charge in [0.15, 0.2) is 0 Å². The zero-order valence-corrected chi connectivity index (χ0v) is 18.5. The molecule has 164 valence electrons. The fraction of sp³-hybridized carbons (Fsp3) is 0.250. The van der Waals surface area contributed by atoms with Crippen molar-refractivity contribution in [3.63, 3.8) is 0 Å². The van der Waals surface area contributed by atoms with Crippen LogP contribution >= 0.6 is 0 Å². The van der Waals surface area contributed by atoms with Gasteiger partial charge in [0.2, 0.25) is 5.91 Å². The Labute approximate surface area is 189 Å². The predicted molar refractivity (Wildman–Crippen MR) is 126 cm³/mol. The molecule has 1 fully saturated rings. The molecule has 3 aromatic rings. The summed E-state index contributed by atoms with van der Waals surface area (Å²) in [5.74, 6) is 0.646. The maximum Gasteiger partial charge on any atom is 0.238 e. The number of ether oxygens (including phenoxy) is 1. The van der Waals surface area contributed by atoms with Crippen LogP contribution in [0.5, 0.6) is 5.75 Å². The van der Waals surface area contributed by atoms with Crippen molar-refractivity contribution < 1.29 is 14.6 Å². The molecule has 0 aromatic heterocycles. The first-order valence-corrected chi connectivity index (χ1v) is 11.0. The van der Waals surface area contributed by atoms with Gasteiger partial charge in [0.05, 0.1) is 19.3 Å². The molecule has 1 saturated heterocycles. The Morgan fingerprint density at radius 3 is 2.22 bits per heavy atom. The number of hydrogen-bond acceptors (Lipinski definition) is 3. The molecule has 0 bridgehead atoms. The van der Waals surface area contributed by atoms with E-state index >= 15 is 0 Å². The molecule has 0 aliphatic carbocycles. The van der Waals surface area contributed by atoms with Gasteiger partial charge < -0.3 is 14.7 Å². The van der Waals surface area contributed by atoms with E-state index in [2.05, 4.69) is 0 Å². The van der Waals surface area contributed by atoms with Crippen LogP contribution in [0.2, 0.25) is 0 Å². The molecule has 1 aliphatic rings. The van der Waals surface area contributed by atoms with Crippen LogP contribution in [0.25, 0.3) is 0 Å². The van der Waals surface area contributed by atoms with Crippen LogP contribution in [0.3, 0.4) is 0 Å². The van der Waals surface area contributed by atoms with E-state index in [1.807, 2.05) is 109 Å². The first kappa shape index (κ1) is 21.8. The van der Waals surface area contributed by atoms with Crippen molar-refractivity contribution in [2.45, 2.75) is 32.0 Å². The summed E-state index contributed by atoms with van der Waals surface area (Å²) in [6, 6.07) is 27.0. The second-order valence-electron chi connectivity index (χ2n) is 8.15. The van der Waals surface area contributed by atoms with Gasteiger partial charge in [-0.15, -0.1) is 0 Å². The fourth-order valence-electron chi connectivity index (χ4n) is 4.60. The van der Waals surface area contributed by atoms with Gasteiger partial charge in [0, 0.05) is 6.54 Å². The lowest BCUT2D eigenvalue weighted by molar-refractivity contribution is -0.182. The molecule has 1 amide bonds. The fourth-order valence-corrected chi connectivity index (χ4v) is 4.60. The van der Waals surface area contributed by atoms with Crippen molar-refractivity contribution in [3.8, 4) is 5.75 Å². The number of benzene rings is 3. The maximum atomic E-state index is 13.8. The second kappa shape index (κ2) is 9.41. The first-order valence-electron chi connectivity index (χ1n) is 11.0. The van der Waals surface area contributed by atoms with Crippen molar-refractivity contribution in [3.05, 3.63) is 114 Å². The molecule has 1 heterocycles. The molecule has 4 heteroatoms. The number of nitrogens with zero attached hydrogens (tertiary/aromatic N) is 1. The van der Waals surface area contributed by atoms with Crippen molar-refractivity contribution in [2.75, 3.05) is 7.11 Å². The molecule has 3 aromatic carbocycles. The van der Waals surface area contributed by atoms with E-state index in [0.717, 1.165) is 17.5 Å². The molecule has 1 N–H and O–H groups in total. The molecule has 1 aliphatic heterocycles. The summed E-state index contributed by atoms with van der Waals surface area (Å²) in [7, 11) is 1.61. The first-order chi connectivity index (χ1) is 15.6. The highest BCUT2D eigenvalue weighted by Gasteiger charge is 2.63. The van der Waals surface area contributed by atoms with Crippen LogP contribution < -0.4 is 4.74 Å². The Balaban J connectivity index is 1.79. The highest BCUT2D eigenvalue weighted by atomic mass is 16.5. The minimum atomic E-state index is -1.07. The normalized spacial score (nSPS) is 21.4. The van der Waals surface area contributed by atoms with Crippen molar-refractivity contribution in [1.82, 2.24) is 4.90 Å². The van der Waals surface area contributed by atoms with E-state index < -0.39 is 11.5 Å². The van der Waals surface area contributed by atoms with Gasteiger partial charge in [-0.25, -0.2) is 0 Å². The number of rotatable bonds is 8. The maximum absolute atomic E-state index is 13.8. The van der Waals surface area contributed by atoms with E-state index in [1.165, 1.54) is 0 Å². The van der Waals surface area contributed by atoms with Crippen LogP contribution in [0.15, 0.2) is 97.1 Å². The van der Waals surface area contributed by atoms with E-state index in [9.17, 15) is 9.90 Å². The average Bonchev–Trinajstić information content (AvgIpc) is 2.86. The van der Waals surface area contributed by atoms with Gasteiger partial charge in [-0.3, -0.25) is 4.79 Å². The van der Waals surface area contributed by atoms with Crippen molar-refractivity contribution in [2.24, 2.45) is 5.41 Å². The number of aliphatic hydroxyl groups excluding tert-OH is 1. The number of carbonyl (C=O) groups is 1. The third-order valence-electron chi connectivity index (χ3n) is 6.22. The highest BCUT2D eigenvalue weighted by Crippen LogP contribution is 2.58. The Bertz CT molecular complexity index is 1060. The number of likely N-dealkylation sites (tertiary alicyclic amines) is 1. The van der Waals surface area contributed by atoms with E-state index in [4.69, 9.17) is 4.74 Å². The summed E-state index contributed by atoms with van der Waals surface area (Å²) in [5, 5.41) is 11.6. The van der Waals surface area contributed by atoms with E-state index in [1.54, 1.807) is 7.11 Å². The summed E-state index contributed by atoms with van der Waals surface area (Å²) in [5.41, 5.74) is 1.70. The zero-order chi connectivity index (χ0) is 22.6. The Morgan fingerprint density at radius 2 is 1.62 bits per heavy atom. The molecule has 32 heavy (non-hydrogen) atoms. The molecule has 4 nitrogen and oxygen atoms in total. The van der Waals surface area contributed by atoms with Crippen LogP contribution in [0, 0.1) is 5.41 Å². The van der Waals surface area contributed by atoms with Crippen LogP contribution in [0.1, 0.15) is 42.2 Å². The number of allylic oxidation sites excluding steroid dienone is 1. The molecule has 0 radical (unpaired) electrons. The summed E-state index contributed by atoms with van der Waals surface area (Å²) < 4.78 is 5.26. The summed E-state index contributed by atoms with van der Waals surface area (Å²) in [6.07, 6.45) is 3.70. The van der Waals surface area contributed by atoms with Crippen LogP contribution in [-0.2, 0) is 11.3 Å².